The van der Waals surface area contributed by atoms with Crippen molar-refractivity contribution in [2.75, 3.05) is 13.2 Å². The molecule has 178 valence electrons. The molecule has 3 fully saturated rings. The lowest BCUT2D eigenvalue weighted by atomic mass is 9.51. The Balaban J connectivity index is 1.82. The maximum absolute atomic E-state index is 12.3. The molecule has 1 spiro atoms. The van der Waals surface area contributed by atoms with Crippen LogP contribution in [0.15, 0.2) is 11.6 Å². The van der Waals surface area contributed by atoms with E-state index in [1.807, 2.05) is 26.8 Å². The van der Waals surface area contributed by atoms with Gasteiger partial charge in [-0.2, -0.15) is 0 Å². The van der Waals surface area contributed by atoms with Crippen molar-refractivity contribution in [1.29, 1.82) is 0 Å². The molecule has 4 aliphatic rings. The molecule has 0 amide bonds. The summed E-state index contributed by atoms with van der Waals surface area (Å²) >= 11 is 0. The molecule has 2 aliphatic heterocycles. The number of carbonyl (C=O) groups excluding carboxylic acids is 3. The maximum Gasteiger partial charge on any atom is 0.306 e. The van der Waals surface area contributed by atoms with Gasteiger partial charge < -0.3 is 28.8 Å². The fourth-order valence-corrected chi connectivity index (χ4v) is 6.14. The summed E-state index contributed by atoms with van der Waals surface area (Å²) < 4.78 is 29.3. The van der Waals surface area contributed by atoms with E-state index in [1.165, 1.54) is 13.8 Å². The molecule has 4 rings (SSSR count). The second-order valence-corrected chi connectivity index (χ2v) is 9.66. The average molecular weight is 453 g/mol. The summed E-state index contributed by atoms with van der Waals surface area (Å²) in [7, 11) is 0. The molecule has 0 aromatic heterocycles. The normalized spacial score (nSPS) is 43.8. The Morgan fingerprint density at radius 2 is 1.91 bits per heavy atom. The van der Waals surface area contributed by atoms with Crippen LogP contribution in [-0.2, 0) is 38.1 Å². The number of aliphatic hydroxyl groups is 1. The van der Waals surface area contributed by atoms with Crippen LogP contribution in [0.3, 0.4) is 0 Å². The van der Waals surface area contributed by atoms with E-state index in [0.29, 0.717) is 19.4 Å². The summed E-state index contributed by atoms with van der Waals surface area (Å²) in [6, 6.07) is 0. The van der Waals surface area contributed by atoms with E-state index in [2.05, 4.69) is 0 Å². The lowest BCUT2D eigenvalue weighted by Gasteiger charge is -2.58. The zero-order valence-corrected chi connectivity index (χ0v) is 19.2. The highest BCUT2D eigenvalue weighted by Crippen LogP contribution is 2.72. The van der Waals surface area contributed by atoms with Crippen molar-refractivity contribution < 1.29 is 43.2 Å². The first kappa shape index (κ1) is 23.2. The number of esters is 3. The number of hydrogen-bond donors (Lipinski definition) is 1. The summed E-state index contributed by atoms with van der Waals surface area (Å²) in [5.41, 5.74) is -1.98. The standard InChI is InChI=1S/C23H32O9/c1-6-7-17(26)31-15-9-22(10-28-13(3)24)16(8-12(15)2)32-20-18(27)19(30-14(4)25)21(22,5)23(20)11-29-23/h8,15-16,18-20,27H,6-7,9-11H2,1-5H3/t15-,16+,18+,19+,20+,21+,22+,23-/m0/s1. The van der Waals surface area contributed by atoms with Gasteiger partial charge >= 0.3 is 17.9 Å². The highest BCUT2D eigenvalue weighted by molar-refractivity contribution is 5.70. The van der Waals surface area contributed by atoms with Gasteiger partial charge in [-0.25, -0.2) is 0 Å². The third-order valence-corrected chi connectivity index (χ3v) is 7.88. The molecule has 1 saturated carbocycles. The fourth-order valence-electron chi connectivity index (χ4n) is 6.14. The minimum atomic E-state index is -1.11. The first-order valence-corrected chi connectivity index (χ1v) is 11.2. The molecule has 0 unspecified atom stereocenters. The van der Waals surface area contributed by atoms with Crippen molar-refractivity contribution in [3.8, 4) is 0 Å². The molecule has 2 aliphatic carbocycles. The molecule has 1 N–H and O–H groups in total. The summed E-state index contributed by atoms with van der Waals surface area (Å²) in [5.74, 6) is -1.32. The van der Waals surface area contributed by atoms with Crippen molar-refractivity contribution >= 4 is 17.9 Å². The van der Waals surface area contributed by atoms with Gasteiger partial charge in [-0.1, -0.05) is 19.9 Å². The number of hydrogen-bond acceptors (Lipinski definition) is 9. The van der Waals surface area contributed by atoms with Crippen LogP contribution in [0.5, 0.6) is 0 Å². The van der Waals surface area contributed by atoms with E-state index < -0.39 is 58.9 Å². The Hall–Kier alpha value is -1.97. The number of fused-ring (bicyclic) bond motifs is 2. The van der Waals surface area contributed by atoms with Crippen molar-refractivity contribution in [2.45, 2.75) is 90.0 Å². The monoisotopic (exact) mass is 452 g/mol. The molecule has 2 bridgehead atoms. The van der Waals surface area contributed by atoms with Crippen molar-refractivity contribution in [3.63, 3.8) is 0 Å². The largest absolute Gasteiger partial charge is 0.465 e. The van der Waals surface area contributed by atoms with Crippen LogP contribution >= 0.6 is 0 Å². The van der Waals surface area contributed by atoms with Crippen LogP contribution in [0.2, 0.25) is 0 Å². The van der Waals surface area contributed by atoms with Gasteiger partial charge in [0, 0.05) is 26.7 Å². The molecular weight excluding hydrogens is 420 g/mol. The molecule has 0 aromatic rings. The van der Waals surface area contributed by atoms with E-state index in [0.717, 1.165) is 5.57 Å². The van der Waals surface area contributed by atoms with Gasteiger partial charge in [0.05, 0.1) is 23.5 Å². The third-order valence-electron chi connectivity index (χ3n) is 7.88. The number of aliphatic hydroxyl groups excluding tert-OH is 1. The lowest BCUT2D eigenvalue weighted by molar-refractivity contribution is -0.241. The van der Waals surface area contributed by atoms with Crippen LogP contribution in [-0.4, -0.2) is 72.3 Å². The number of rotatable bonds is 6. The second kappa shape index (κ2) is 7.81. The van der Waals surface area contributed by atoms with Gasteiger partial charge in [-0.05, 0) is 18.9 Å². The molecule has 32 heavy (non-hydrogen) atoms. The van der Waals surface area contributed by atoms with Gasteiger partial charge in [-0.3, -0.25) is 14.4 Å². The Morgan fingerprint density at radius 1 is 1.22 bits per heavy atom. The first-order valence-electron chi connectivity index (χ1n) is 11.2. The van der Waals surface area contributed by atoms with Crippen LogP contribution in [0.1, 0.15) is 53.9 Å². The average Bonchev–Trinajstić information content (AvgIpc) is 3.49. The van der Waals surface area contributed by atoms with E-state index >= 15 is 0 Å². The molecule has 0 radical (unpaired) electrons. The topological polar surface area (TPSA) is 121 Å². The van der Waals surface area contributed by atoms with E-state index in [4.69, 9.17) is 23.7 Å². The molecule has 0 aromatic carbocycles. The van der Waals surface area contributed by atoms with Gasteiger partial charge in [0.2, 0.25) is 0 Å². The minimum absolute atomic E-state index is 0.0581. The predicted molar refractivity (Wildman–Crippen MR) is 109 cm³/mol. The highest BCUT2D eigenvalue weighted by atomic mass is 16.7. The van der Waals surface area contributed by atoms with Crippen molar-refractivity contribution in [2.24, 2.45) is 10.8 Å². The summed E-state index contributed by atoms with van der Waals surface area (Å²) in [4.78, 5) is 36.2. The maximum atomic E-state index is 12.3. The first-order chi connectivity index (χ1) is 15.0. The highest BCUT2D eigenvalue weighted by Gasteiger charge is 2.86. The molecule has 2 heterocycles. The quantitative estimate of drug-likeness (QED) is 0.276. The summed E-state index contributed by atoms with van der Waals surface area (Å²) in [6.45, 7) is 8.53. The molecule has 9 nitrogen and oxygen atoms in total. The van der Waals surface area contributed by atoms with Crippen LogP contribution in [0, 0.1) is 10.8 Å². The zero-order valence-electron chi connectivity index (χ0n) is 19.2. The van der Waals surface area contributed by atoms with Gasteiger partial charge in [0.1, 0.15) is 36.6 Å². The number of epoxide rings is 1. The van der Waals surface area contributed by atoms with Crippen LogP contribution in [0.25, 0.3) is 0 Å². The zero-order chi connectivity index (χ0) is 23.5. The van der Waals surface area contributed by atoms with Crippen LogP contribution in [0.4, 0.5) is 0 Å². The van der Waals surface area contributed by atoms with Gasteiger partial charge in [0.25, 0.3) is 0 Å². The summed E-state index contributed by atoms with van der Waals surface area (Å²) in [6.07, 6.45) is -0.755. The molecular formula is C23H32O9. The number of carbonyl (C=O) groups is 3. The second-order valence-electron chi connectivity index (χ2n) is 9.66. The fraction of sp³-hybridized carbons (Fsp3) is 0.783. The molecule has 9 heteroatoms. The van der Waals surface area contributed by atoms with E-state index in [1.54, 1.807) is 0 Å². The van der Waals surface area contributed by atoms with Gasteiger partial charge in [0.15, 0.2) is 0 Å². The minimum Gasteiger partial charge on any atom is -0.465 e. The van der Waals surface area contributed by atoms with Crippen molar-refractivity contribution in [1.82, 2.24) is 0 Å². The van der Waals surface area contributed by atoms with Gasteiger partial charge in [-0.15, -0.1) is 0 Å². The third kappa shape index (κ3) is 3.12. The Kier molecular flexibility index (Phi) is 5.66. The SMILES string of the molecule is CCCC(=O)O[C@H]1C[C@@]2(COC(C)=O)[C@@H](C=C1C)O[C@@H]1[C@H](O)[C@@H](OC(C)=O)[C@@]2(C)[C@]12CO2. The molecule has 2 saturated heterocycles. The van der Waals surface area contributed by atoms with E-state index in [9.17, 15) is 19.5 Å². The van der Waals surface area contributed by atoms with Crippen LogP contribution < -0.4 is 0 Å². The Morgan fingerprint density at radius 3 is 2.47 bits per heavy atom. The van der Waals surface area contributed by atoms with E-state index in [-0.39, 0.29) is 19.0 Å². The predicted octanol–water partition coefficient (Wildman–Crippen LogP) is 1.45. The Bertz CT molecular complexity index is 846. The van der Waals surface area contributed by atoms with Crippen molar-refractivity contribution in [3.05, 3.63) is 11.6 Å². The Labute approximate surface area is 187 Å². The molecule has 8 atom stereocenters. The number of ether oxygens (including phenoxy) is 5. The summed E-state index contributed by atoms with van der Waals surface area (Å²) in [5, 5.41) is 11.1. The lowest BCUT2D eigenvalue weighted by Crippen LogP contribution is -2.68. The smallest absolute Gasteiger partial charge is 0.306 e.